The summed E-state index contributed by atoms with van der Waals surface area (Å²) >= 11 is 3.36. The van der Waals surface area contributed by atoms with Crippen molar-refractivity contribution in [2.75, 3.05) is 0 Å². The van der Waals surface area contributed by atoms with E-state index in [0.29, 0.717) is 16.5 Å². The molecule has 1 heterocycles. The molecular weight excluding hydrogens is 168 g/mol. The smallest absolute Gasteiger partial charge is 0.139 e. The molecule has 0 aromatic heterocycles. The summed E-state index contributed by atoms with van der Waals surface area (Å²) < 4.78 is 5.20. The molecule has 0 radical (unpaired) electrons. The molecule has 2 atom stereocenters. The Morgan fingerprint density at radius 3 is 1.75 bits per heavy atom. The lowest BCUT2D eigenvalue weighted by atomic mass is 9.93. The normalized spacial score (nSPS) is 37.5. The number of halogens is 1. The van der Waals surface area contributed by atoms with E-state index < -0.39 is 0 Å². The van der Waals surface area contributed by atoms with E-state index in [9.17, 15) is 0 Å². The number of hydrogen-bond acceptors (Lipinski definition) is 1. The second-order valence-corrected chi connectivity index (χ2v) is 4.18. The average Bonchev–Trinajstić information content (AvgIpc) is 2.13. The van der Waals surface area contributed by atoms with Crippen LogP contribution in [0.5, 0.6) is 0 Å². The summed E-state index contributed by atoms with van der Waals surface area (Å²) in [6, 6.07) is 0. The summed E-state index contributed by atoms with van der Waals surface area (Å²) in [7, 11) is 0. The third kappa shape index (κ3) is 1.23. The standard InChI is InChI=1S/C6H11BrO/c1-6(2,3)4-5(7)8-4/h4-5H,1-3H3/t4-,5-/m1/s1. The molecule has 1 aliphatic rings. The highest BCUT2D eigenvalue weighted by Gasteiger charge is 2.45. The van der Waals surface area contributed by atoms with E-state index in [1.54, 1.807) is 0 Å². The Labute approximate surface area is 58.5 Å². The Morgan fingerprint density at radius 2 is 1.75 bits per heavy atom. The lowest BCUT2D eigenvalue weighted by Gasteiger charge is -2.12. The average molecular weight is 179 g/mol. The minimum Gasteiger partial charge on any atom is -0.357 e. The molecular formula is C6H11BrO. The quantitative estimate of drug-likeness (QED) is 0.410. The van der Waals surface area contributed by atoms with Crippen LogP contribution in [0.25, 0.3) is 0 Å². The van der Waals surface area contributed by atoms with Gasteiger partial charge in [-0.1, -0.05) is 36.7 Å². The zero-order valence-corrected chi connectivity index (χ0v) is 7.03. The van der Waals surface area contributed by atoms with E-state index in [2.05, 4.69) is 36.7 Å². The van der Waals surface area contributed by atoms with E-state index >= 15 is 0 Å². The predicted octanol–water partition coefficient (Wildman–Crippen LogP) is 2.15. The maximum Gasteiger partial charge on any atom is 0.139 e. The molecule has 0 aromatic carbocycles. The molecule has 0 saturated carbocycles. The van der Waals surface area contributed by atoms with Crippen LogP contribution >= 0.6 is 15.9 Å². The Hall–Kier alpha value is 0.440. The van der Waals surface area contributed by atoms with E-state index in [1.807, 2.05) is 0 Å². The van der Waals surface area contributed by atoms with Crippen LogP contribution in [0.4, 0.5) is 0 Å². The maximum atomic E-state index is 5.20. The summed E-state index contributed by atoms with van der Waals surface area (Å²) in [5.74, 6) is 0. The van der Waals surface area contributed by atoms with Crippen LogP contribution in [-0.4, -0.2) is 11.1 Å². The molecule has 48 valence electrons. The summed E-state index contributed by atoms with van der Waals surface area (Å²) in [4.78, 5) is 0. The number of rotatable bonds is 0. The van der Waals surface area contributed by atoms with Crippen molar-refractivity contribution in [2.24, 2.45) is 5.41 Å². The van der Waals surface area contributed by atoms with E-state index in [0.717, 1.165) is 0 Å². The fourth-order valence-corrected chi connectivity index (χ4v) is 1.72. The van der Waals surface area contributed by atoms with Crippen molar-refractivity contribution in [3.05, 3.63) is 0 Å². The molecule has 2 heteroatoms. The molecule has 1 saturated heterocycles. The second kappa shape index (κ2) is 1.71. The molecule has 0 aromatic rings. The van der Waals surface area contributed by atoms with Gasteiger partial charge in [0.05, 0.1) is 0 Å². The fourth-order valence-electron chi connectivity index (χ4n) is 0.692. The lowest BCUT2D eigenvalue weighted by molar-refractivity contribution is 0.265. The fraction of sp³-hybridized carbons (Fsp3) is 1.00. The van der Waals surface area contributed by atoms with Gasteiger partial charge in [0.1, 0.15) is 11.1 Å². The molecule has 8 heavy (non-hydrogen) atoms. The summed E-state index contributed by atoms with van der Waals surface area (Å²) in [5, 5.41) is 0.322. The molecule has 1 nitrogen and oxygen atoms in total. The number of hydrogen-bond donors (Lipinski definition) is 0. The Morgan fingerprint density at radius 1 is 1.38 bits per heavy atom. The molecule has 0 spiro atoms. The van der Waals surface area contributed by atoms with Gasteiger partial charge in [0.25, 0.3) is 0 Å². The molecule has 0 N–H and O–H groups in total. The monoisotopic (exact) mass is 178 g/mol. The first-order valence-electron chi connectivity index (χ1n) is 2.81. The van der Waals surface area contributed by atoms with Crippen LogP contribution in [0.1, 0.15) is 20.8 Å². The van der Waals surface area contributed by atoms with Gasteiger partial charge < -0.3 is 4.74 Å². The molecule has 0 bridgehead atoms. The highest BCUT2D eigenvalue weighted by molar-refractivity contribution is 9.09. The van der Waals surface area contributed by atoms with E-state index in [4.69, 9.17) is 4.74 Å². The van der Waals surface area contributed by atoms with Crippen molar-refractivity contribution in [3.63, 3.8) is 0 Å². The van der Waals surface area contributed by atoms with E-state index in [1.165, 1.54) is 0 Å². The zero-order chi connectivity index (χ0) is 6.36. The predicted molar refractivity (Wildman–Crippen MR) is 37.0 cm³/mol. The van der Waals surface area contributed by atoms with Gasteiger partial charge >= 0.3 is 0 Å². The van der Waals surface area contributed by atoms with Gasteiger partial charge in [-0.25, -0.2) is 0 Å². The van der Waals surface area contributed by atoms with Gasteiger partial charge in [-0.05, 0) is 5.41 Å². The maximum absolute atomic E-state index is 5.20. The summed E-state index contributed by atoms with van der Waals surface area (Å²) in [6.45, 7) is 6.54. The molecule has 1 aliphatic heterocycles. The lowest BCUT2D eigenvalue weighted by Crippen LogP contribution is -2.14. The van der Waals surface area contributed by atoms with Gasteiger partial charge in [-0.15, -0.1) is 0 Å². The first kappa shape index (κ1) is 6.56. The molecule has 1 rings (SSSR count). The van der Waals surface area contributed by atoms with Crippen LogP contribution in [0, 0.1) is 5.41 Å². The van der Waals surface area contributed by atoms with Gasteiger partial charge in [0.15, 0.2) is 0 Å². The third-order valence-electron chi connectivity index (χ3n) is 1.29. The van der Waals surface area contributed by atoms with Crippen LogP contribution in [0.3, 0.4) is 0 Å². The zero-order valence-electron chi connectivity index (χ0n) is 5.44. The van der Waals surface area contributed by atoms with Crippen LogP contribution in [-0.2, 0) is 4.74 Å². The van der Waals surface area contributed by atoms with Crippen molar-refractivity contribution < 1.29 is 4.74 Å². The number of ether oxygens (including phenoxy) is 1. The van der Waals surface area contributed by atoms with Crippen LogP contribution in [0.15, 0.2) is 0 Å². The van der Waals surface area contributed by atoms with Crippen LogP contribution < -0.4 is 0 Å². The van der Waals surface area contributed by atoms with Gasteiger partial charge in [0, 0.05) is 0 Å². The van der Waals surface area contributed by atoms with Crippen molar-refractivity contribution in [2.45, 2.75) is 31.9 Å². The van der Waals surface area contributed by atoms with Gasteiger partial charge in [-0.3, -0.25) is 0 Å². The molecule has 0 unspecified atom stereocenters. The Balaban J connectivity index is 2.39. The van der Waals surface area contributed by atoms with E-state index in [-0.39, 0.29) is 0 Å². The molecule has 1 fully saturated rings. The minimum absolute atomic E-state index is 0.314. The van der Waals surface area contributed by atoms with Crippen molar-refractivity contribution in [1.82, 2.24) is 0 Å². The summed E-state index contributed by atoms with van der Waals surface area (Å²) in [5.41, 5.74) is 0.314. The molecule has 0 amide bonds. The molecule has 0 aliphatic carbocycles. The largest absolute Gasteiger partial charge is 0.357 e. The highest BCUT2D eigenvalue weighted by atomic mass is 79.9. The Bertz CT molecular complexity index is 95.2. The first-order chi connectivity index (χ1) is 3.52. The SMILES string of the molecule is CC(C)(C)[C@@H]1O[C@H]1Br. The van der Waals surface area contributed by atoms with Gasteiger partial charge in [0.2, 0.25) is 0 Å². The topological polar surface area (TPSA) is 12.5 Å². The van der Waals surface area contributed by atoms with Gasteiger partial charge in [-0.2, -0.15) is 0 Å². The van der Waals surface area contributed by atoms with Crippen molar-refractivity contribution in [3.8, 4) is 0 Å². The number of alkyl halides is 1. The minimum atomic E-state index is 0.314. The first-order valence-corrected chi connectivity index (χ1v) is 3.73. The number of epoxide rings is 1. The second-order valence-electron chi connectivity index (χ2n) is 3.27. The van der Waals surface area contributed by atoms with Crippen molar-refractivity contribution >= 4 is 15.9 Å². The van der Waals surface area contributed by atoms with Crippen molar-refractivity contribution in [1.29, 1.82) is 0 Å². The van der Waals surface area contributed by atoms with Crippen LogP contribution in [0.2, 0.25) is 0 Å². The third-order valence-corrected chi connectivity index (χ3v) is 1.99. The Kier molecular flexibility index (Phi) is 1.40. The highest BCUT2D eigenvalue weighted by Crippen LogP contribution is 2.40. The summed E-state index contributed by atoms with van der Waals surface area (Å²) in [6.07, 6.45) is 0.433.